The Hall–Kier alpha value is -6.02. The molecule has 4 aromatic carbocycles. The molecule has 0 unspecified atom stereocenters. The number of pyridine rings is 2. The number of nitrogens with zero attached hydrogens (tertiary/aromatic N) is 8. The van der Waals surface area contributed by atoms with Crippen molar-refractivity contribution in [3.63, 3.8) is 0 Å². The number of nitrogens with one attached hydrogen (secondary N) is 2. The van der Waals surface area contributed by atoms with Gasteiger partial charge >= 0.3 is 0 Å². The Morgan fingerprint density at radius 1 is 0.500 bits per heavy atom. The summed E-state index contributed by atoms with van der Waals surface area (Å²) in [7, 11) is 3.27. The van der Waals surface area contributed by atoms with Crippen LogP contribution in [0.1, 0.15) is 0 Å². The highest BCUT2D eigenvalue weighted by Crippen LogP contribution is 2.29. The van der Waals surface area contributed by atoms with Crippen molar-refractivity contribution >= 4 is 89.3 Å². The molecule has 0 radical (unpaired) electrons. The van der Waals surface area contributed by atoms with Gasteiger partial charge in [0, 0.05) is 86.4 Å². The van der Waals surface area contributed by atoms with Crippen molar-refractivity contribution in [2.24, 2.45) is 20.5 Å². The van der Waals surface area contributed by atoms with Crippen LogP contribution in [0.15, 0.2) is 142 Å². The zero-order chi connectivity index (χ0) is 44.9. The van der Waals surface area contributed by atoms with Crippen LogP contribution in [0.25, 0.3) is 21.8 Å². The number of aromatic nitrogens is 2. The Morgan fingerprint density at radius 3 is 1.25 bits per heavy atom. The van der Waals surface area contributed by atoms with Crippen molar-refractivity contribution < 1.29 is 39.1 Å². The SMILES string of the molecule is O=C(C[n+]1ccc(/N=N/c2ccc(N(CCO)CCO)cc2)c2ccccc21)NCCSSCCNC(=O)C[n+]1ccc(/N=N/c2ccc(N(CCO)CCO)cc2)c2ccccc21. The zero-order valence-electron chi connectivity index (χ0n) is 35.4. The van der Waals surface area contributed by atoms with E-state index in [2.05, 4.69) is 31.1 Å². The maximum atomic E-state index is 12.9. The predicted molar refractivity (Wildman–Crippen MR) is 253 cm³/mol. The number of hydrogen-bond acceptors (Lipinski definition) is 14. The van der Waals surface area contributed by atoms with Crippen LogP contribution in [-0.2, 0) is 22.7 Å². The van der Waals surface area contributed by atoms with Gasteiger partial charge in [-0.2, -0.15) is 19.4 Å². The van der Waals surface area contributed by atoms with E-state index >= 15 is 0 Å². The quantitative estimate of drug-likeness (QED) is 0.0190. The Labute approximate surface area is 379 Å². The minimum absolute atomic E-state index is 0.0114. The van der Waals surface area contributed by atoms with Crippen molar-refractivity contribution in [3.05, 3.63) is 122 Å². The maximum Gasteiger partial charge on any atom is 0.286 e. The largest absolute Gasteiger partial charge is 0.395 e. The molecule has 2 heterocycles. The molecule has 0 fully saturated rings. The molecule has 0 atom stereocenters. The number of amides is 2. The molecule has 2 aromatic heterocycles. The van der Waals surface area contributed by atoms with E-state index in [1.807, 2.05) is 141 Å². The van der Waals surface area contributed by atoms with Gasteiger partial charge in [0.05, 0.1) is 48.6 Å². The number of hydrogen-bond donors (Lipinski definition) is 6. The monoisotopic (exact) mass is 906 g/mol. The molecule has 0 saturated carbocycles. The van der Waals surface area contributed by atoms with E-state index in [0.29, 0.717) is 73.5 Å². The first-order valence-corrected chi connectivity index (χ1v) is 23.5. The lowest BCUT2D eigenvalue weighted by Crippen LogP contribution is -2.43. The Balaban J connectivity index is 0.908. The van der Waals surface area contributed by atoms with E-state index in [0.717, 1.165) is 33.2 Å². The standard InChI is InChI=1S/C46H52N10O6S2/c57-27-23-53(24-28-58)37-13-9-35(10-14-37)49-51-41-17-21-55(43-7-3-1-5-39(41)43)33-45(61)47-19-31-63-64-32-20-48-46(62)34-56-22-18-42(40-6-2-4-8-44(40)56)52-50-36-11-15-38(16-12-36)54(25-29-59)26-30-60/h1-18,21-22,57-60H,19-20,23-34H2/p+2. The molecule has 334 valence electrons. The fourth-order valence-electron chi connectivity index (χ4n) is 6.90. The zero-order valence-corrected chi connectivity index (χ0v) is 37.1. The van der Waals surface area contributed by atoms with Crippen LogP contribution < -0.4 is 29.6 Å². The number of azo groups is 2. The van der Waals surface area contributed by atoms with Gasteiger partial charge < -0.3 is 40.9 Å². The molecule has 6 rings (SSSR count). The molecule has 6 N–H and O–H groups in total. The summed E-state index contributed by atoms with van der Waals surface area (Å²) >= 11 is 0. The molecule has 0 aliphatic heterocycles. The molecular weight excluding hydrogens is 853 g/mol. The first-order chi connectivity index (χ1) is 31.4. The summed E-state index contributed by atoms with van der Waals surface area (Å²) in [6.07, 6.45) is 3.67. The molecule has 18 heteroatoms. The summed E-state index contributed by atoms with van der Waals surface area (Å²) in [5.74, 6) is 1.21. The van der Waals surface area contributed by atoms with Gasteiger partial charge in [-0.05, 0) is 60.7 Å². The topological polar surface area (TPSA) is 203 Å². The molecule has 0 aliphatic carbocycles. The second kappa shape index (κ2) is 25.3. The normalized spacial score (nSPS) is 11.5. The van der Waals surface area contributed by atoms with Crippen LogP contribution in [0.4, 0.5) is 34.1 Å². The highest BCUT2D eigenvalue weighted by atomic mass is 33.1. The maximum absolute atomic E-state index is 12.9. The lowest BCUT2D eigenvalue weighted by atomic mass is 10.2. The van der Waals surface area contributed by atoms with E-state index in [9.17, 15) is 30.0 Å². The first kappa shape index (κ1) is 47.5. The Kier molecular flexibility index (Phi) is 18.8. The molecule has 64 heavy (non-hydrogen) atoms. The van der Waals surface area contributed by atoms with Crippen LogP contribution in [0, 0.1) is 0 Å². The van der Waals surface area contributed by atoms with Gasteiger partial charge in [0.2, 0.25) is 24.1 Å². The Morgan fingerprint density at radius 2 is 0.875 bits per heavy atom. The van der Waals surface area contributed by atoms with Crippen LogP contribution in [0.5, 0.6) is 0 Å². The number of para-hydroxylation sites is 2. The second-order valence-electron chi connectivity index (χ2n) is 14.3. The molecule has 0 saturated heterocycles. The van der Waals surface area contributed by atoms with Gasteiger partial charge in [0.15, 0.2) is 12.4 Å². The molecule has 0 aliphatic rings. The highest BCUT2D eigenvalue weighted by molar-refractivity contribution is 8.76. The second-order valence-corrected chi connectivity index (χ2v) is 17.0. The Bertz CT molecular complexity index is 2310. The molecular formula is C46H54N10O6S2+2. The van der Waals surface area contributed by atoms with Gasteiger partial charge in [0.25, 0.3) is 11.8 Å². The lowest BCUT2D eigenvalue weighted by molar-refractivity contribution is -0.658. The average Bonchev–Trinajstić information content (AvgIpc) is 3.32. The van der Waals surface area contributed by atoms with E-state index in [-0.39, 0.29) is 51.3 Å². The minimum atomic E-state index is -0.104. The number of anilines is 2. The summed E-state index contributed by atoms with van der Waals surface area (Å²) in [4.78, 5) is 29.6. The number of aliphatic hydroxyl groups is 4. The van der Waals surface area contributed by atoms with Crippen molar-refractivity contribution in [3.8, 4) is 0 Å². The summed E-state index contributed by atoms with van der Waals surface area (Å²) < 4.78 is 3.78. The van der Waals surface area contributed by atoms with Crippen molar-refractivity contribution in [2.45, 2.75) is 13.1 Å². The van der Waals surface area contributed by atoms with Gasteiger partial charge in [0.1, 0.15) is 11.4 Å². The fourth-order valence-corrected chi connectivity index (χ4v) is 8.72. The molecule has 0 spiro atoms. The number of fused-ring (bicyclic) bond motifs is 2. The number of carbonyl (C=O) groups excluding carboxylic acids is 2. The number of rotatable bonds is 25. The summed E-state index contributed by atoms with van der Waals surface area (Å²) in [6.45, 7) is 2.95. The number of carbonyl (C=O) groups is 2. The third-order valence-electron chi connectivity index (χ3n) is 9.99. The number of benzene rings is 4. The third-order valence-corrected chi connectivity index (χ3v) is 12.4. The molecule has 6 aromatic rings. The molecule has 2 amide bonds. The summed E-state index contributed by atoms with van der Waals surface area (Å²) in [5, 5.41) is 62.9. The highest BCUT2D eigenvalue weighted by Gasteiger charge is 2.18. The molecule has 0 bridgehead atoms. The van der Waals surface area contributed by atoms with Crippen LogP contribution in [0.3, 0.4) is 0 Å². The van der Waals surface area contributed by atoms with E-state index in [1.165, 1.54) is 0 Å². The van der Waals surface area contributed by atoms with Gasteiger partial charge in [-0.15, -0.1) is 10.2 Å². The van der Waals surface area contributed by atoms with Crippen LogP contribution >= 0.6 is 21.6 Å². The first-order valence-electron chi connectivity index (χ1n) is 21.0. The average molecular weight is 907 g/mol. The fraction of sp³-hybridized carbons (Fsp3) is 0.304. The van der Waals surface area contributed by atoms with Gasteiger partial charge in [-0.1, -0.05) is 45.9 Å². The van der Waals surface area contributed by atoms with Crippen molar-refractivity contribution in [1.82, 2.24) is 10.6 Å². The predicted octanol–water partition coefficient (Wildman–Crippen LogP) is 5.29. The van der Waals surface area contributed by atoms with Crippen molar-refractivity contribution in [1.29, 1.82) is 0 Å². The van der Waals surface area contributed by atoms with Crippen molar-refractivity contribution in [2.75, 3.05) is 87.0 Å². The number of aliphatic hydroxyl groups excluding tert-OH is 4. The van der Waals surface area contributed by atoms with Crippen LogP contribution in [0.2, 0.25) is 0 Å². The summed E-state index contributed by atoms with van der Waals surface area (Å²) in [6, 6.07) is 34.1. The smallest absolute Gasteiger partial charge is 0.286 e. The minimum Gasteiger partial charge on any atom is -0.395 e. The van der Waals surface area contributed by atoms with Crippen LogP contribution in [-0.4, -0.2) is 109 Å². The van der Waals surface area contributed by atoms with E-state index < -0.39 is 0 Å². The molecule has 16 nitrogen and oxygen atoms in total. The van der Waals surface area contributed by atoms with Gasteiger partial charge in [-0.25, -0.2) is 0 Å². The summed E-state index contributed by atoms with van der Waals surface area (Å²) in [5.41, 5.74) is 6.13. The van der Waals surface area contributed by atoms with Gasteiger partial charge in [-0.3, -0.25) is 9.59 Å². The van der Waals surface area contributed by atoms with E-state index in [1.54, 1.807) is 21.6 Å². The van der Waals surface area contributed by atoms with E-state index in [4.69, 9.17) is 0 Å². The third kappa shape index (κ3) is 13.7. The lowest BCUT2D eigenvalue weighted by Gasteiger charge is -2.22.